The van der Waals surface area contributed by atoms with E-state index in [9.17, 15) is 14.9 Å². The Kier molecular flexibility index (Phi) is 4.71. The van der Waals surface area contributed by atoms with E-state index in [0.717, 1.165) is 23.7 Å². The summed E-state index contributed by atoms with van der Waals surface area (Å²) < 4.78 is 1.53. The zero-order chi connectivity index (χ0) is 18.0. The van der Waals surface area contributed by atoms with Crippen LogP contribution in [0, 0.1) is 17.2 Å². The molecule has 0 radical (unpaired) electrons. The van der Waals surface area contributed by atoms with Crippen LogP contribution in [-0.4, -0.2) is 23.4 Å². The summed E-state index contributed by atoms with van der Waals surface area (Å²) in [6.07, 6.45) is 4.88. The number of allylic oxidation sites excluding steroid dienone is 2. The van der Waals surface area contributed by atoms with Crippen LogP contribution in [0.5, 0.6) is 0 Å². The molecule has 5 heteroatoms. The zero-order valence-electron chi connectivity index (χ0n) is 14.5. The molecule has 1 saturated heterocycles. The fraction of sp³-hybridized carbons (Fsp3) is 0.350. The monoisotopic (exact) mass is 335 g/mol. The van der Waals surface area contributed by atoms with Crippen molar-refractivity contribution >= 4 is 22.4 Å². The van der Waals surface area contributed by atoms with Crippen molar-refractivity contribution in [3.05, 3.63) is 52.3 Å². The Morgan fingerprint density at radius 3 is 2.60 bits per heavy atom. The Balaban J connectivity index is 2.03. The van der Waals surface area contributed by atoms with Gasteiger partial charge in [-0.15, -0.1) is 0 Å². The number of hydrogen-bond acceptors (Lipinski definition) is 4. The van der Waals surface area contributed by atoms with Gasteiger partial charge in [0.05, 0.1) is 11.2 Å². The number of hydrogen-bond donors (Lipinski definition) is 0. The maximum atomic E-state index is 12.6. The SMILES string of the molecule is CC=CC(=O)C1CCN(c2c(C#N)c(=O)n(C)c3ccccc23)CC1. The molecule has 1 aromatic heterocycles. The van der Waals surface area contributed by atoms with Gasteiger partial charge in [-0.25, -0.2) is 0 Å². The molecule has 1 aliphatic heterocycles. The lowest BCUT2D eigenvalue weighted by molar-refractivity contribution is -0.118. The molecule has 5 nitrogen and oxygen atoms in total. The molecule has 3 rings (SSSR count). The maximum Gasteiger partial charge on any atom is 0.270 e. The van der Waals surface area contributed by atoms with Crippen molar-refractivity contribution in [2.45, 2.75) is 19.8 Å². The highest BCUT2D eigenvalue weighted by Gasteiger charge is 2.27. The minimum absolute atomic E-state index is 0.0239. The summed E-state index contributed by atoms with van der Waals surface area (Å²) in [7, 11) is 1.69. The molecule has 0 unspecified atom stereocenters. The molecular formula is C20H21N3O2. The molecule has 2 aromatic rings. The number of anilines is 1. The van der Waals surface area contributed by atoms with Gasteiger partial charge in [-0.2, -0.15) is 5.26 Å². The fourth-order valence-corrected chi connectivity index (χ4v) is 3.60. The molecule has 0 saturated carbocycles. The number of aromatic nitrogens is 1. The molecule has 128 valence electrons. The standard InChI is InChI=1S/C20H21N3O2/c1-3-6-18(24)14-9-11-23(12-10-14)19-15-7-4-5-8-17(15)22(2)20(25)16(19)13-21/h3-8,14H,9-12H2,1-2H3. The molecule has 0 N–H and O–H groups in total. The Morgan fingerprint density at radius 2 is 1.96 bits per heavy atom. The molecule has 1 aromatic carbocycles. The first-order valence-electron chi connectivity index (χ1n) is 8.51. The zero-order valence-corrected chi connectivity index (χ0v) is 14.5. The van der Waals surface area contributed by atoms with E-state index < -0.39 is 0 Å². The first-order valence-corrected chi connectivity index (χ1v) is 8.51. The number of nitrogens with zero attached hydrogens (tertiary/aromatic N) is 3. The molecule has 0 amide bonds. The van der Waals surface area contributed by atoms with Crippen LogP contribution in [0.1, 0.15) is 25.3 Å². The maximum absolute atomic E-state index is 12.6. The number of carbonyl (C=O) groups is 1. The van der Waals surface area contributed by atoms with E-state index in [0.29, 0.717) is 18.8 Å². The number of aryl methyl sites for hydroxylation is 1. The van der Waals surface area contributed by atoms with E-state index in [4.69, 9.17) is 0 Å². The van der Waals surface area contributed by atoms with E-state index in [1.165, 1.54) is 4.57 Å². The number of nitriles is 1. The van der Waals surface area contributed by atoms with Crippen molar-refractivity contribution in [3.8, 4) is 6.07 Å². The highest BCUT2D eigenvalue weighted by molar-refractivity contribution is 5.95. The number of pyridine rings is 1. The Morgan fingerprint density at radius 1 is 1.28 bits per heavy atom. The molecular weight excluding hydrogens is 314 g/mol. The second kappa shape index (κ2) is 6.94. The summed E-state index contributed by atoms with van der Waals surface area (Å²) in [4.78, 5) is 26.7. The number of rotatable bonds is 3. The number of fused-ring (bicyclic) bond motifs is 1. The Bertz CT molecular complexity index is 942. The summed E-state index contributed by atoms with van der Waals surface area (Å²) in [6.45, 7) is 3.18. The minimum Gasteiger partial charge on any atom is -0.370 e. The van der Waals surface area contributed by atoms with Crippen LogP contribution in [0.25, 0.3) is 10.9 Å². The quantitative estimate of drug-likeness (QED) is 0.809. The topological polar surface area (TPSA) is 66.1 Å². The van der Waals surface area contributed by atoms with Crippen LogP contribution in [-0.2, 0) is 11.8 Å². The average molecular weight is 335 g/mol. The molecule has 1 aliphatic rings. The third-order valence-electron chi connectivity index (χ3n) is 4.93. The minimum atomic E-state index is -0.275. The van der Waals surface area contributed by atoms with Gasteiger partial charge < -0.3 is 9.47 Å². The van der Waals surface area contributed by atoms with Crippen LogP contribution in [0.15, 0.2) is 41.2 Å². The third-order valence-corrected chi connectivity index (χ3v) is 4.93. The van der Waals surface area contributed by atoms with Gasteiger partial charge in [-0.3, -0.25) is 9.59 Å². The summed E-state index contributed by atoms with van der Waals surface area (Å²) in [5.41, 5.74) is 1.43. The van der Waals surface area contributed by atoms with Crippen molar-refractivity contribution in [2.75, 3.05) is 18.0 Å². The number of piperidine rings is 1. The van der Waals surface area contributed by atoms with Gasteiger partial charge in [0.15, 0.2) is 5.78 Å². The van der Waals surface area contributed by atoms with E-state index in [1.54, 1.807) is 19.2 Å². The van der Waals surface area contributed by atoms with Gasteiger partial charge in [0.25, 0.3) is 5.56 Å². The number of para-hydroxylation sites is 1. The van der Waals surface area contributed by atoms with Gasteiger partial charge in [0.1, 0.15) is 11.6 Å². The van der Waals surface area contributed by atoms with Crippen LogP contribution in [0.4, 0.5) is 5.69 Å². The van der Waals surface area contributed by atoms with Gasteiger partial charge in [-0.05, 0) is 31.9 Å². The fourth-order valence-electron chi connectivity index (χ4n) is 3.60. The second-order valence-electron chi connectivity index (χ2n) is 6.38. The summed E-state index contributed by atoms with van der Waals surface area (Å²) in [6, 6.07) is 9.74. The first-order chi connectivity index (χ1) is 12.1. The largest absolute Gasteiger partial charge is 0.370 e. The lowest BCUT2D eigenvalue weighted by atomic mass is 9.91. The molecule has 25 heavy (non-hydrogen) atoms. The van der Waals surface area contributed by atoms with Crippen LogP contribution in [0.2, 0.25) is 0 Å². The summed E-state index contributed by atoms with van der Waals surface area (Å²) in [5, 5.41) is 10.5. The summed E-state index contributed by atoms with van der Waals surface area (Å²) >= 11 is 0. The van der Waals surface area contributed by atoms with Gasteiger partial charge in [0.2, 0.25) is 0 Å². The molecule has 0 spiro atoms. The predicted molar refractivity (Wildman–Crippen MR) is 98.7 cm³/mol. The predicted octanol–water partition coefficient (Wildman–Crippen LogP) is 2.77. The Labute approximate surface area is 146 Å². The van der Waals surface area contributed by atoms with Crippen molar-refractivity contribution in [1.29, 1.82) is 5.26 Å². The van der Waals surface area contributed by atoms with Crippen molar-refractivity contribution in [1.82, 2.24) is 4.57 Å². The van der Waals surface area contributed by atoms with E-state index in [-0.39, 0.29) is 22.8 Å². The van der Waals surface area contributed by atoms with E-state index in [2.05, 4.69) is 11.0 Å². The summed E-state index contributed by atoms with van der Waals surface area (Å²) in [5.74, 6) is 0.187. The van der Waals surface area contributed by atoms with Gasteiger partial charge >= 0.3 is 0 Å². The smallest absolute Gasteiger partial charge is 0.270 e. The molecule has 0 atom stereocenters. The van der Waals surface area contributed by atoms with Crippen LogP contribution in [0.3, 0.4) is 0 Å². The molecule has 1 fully saturated rings. The van der Waals surface area contributed by atoms with Crippen molar-refractivity contribution < 1.29 is 4.79 Å². The number of carbonyl (C=O) groups excluding carboxylic acids is 1. The molecule has 0 aliphatic carbocycles. The molecule has 0 bridgehead atoms. The highest BCUT2D eigenvalue weighted by Crippen LogP contribution is 2.31. The van der Waals surface area contributed by atoms with E-state index >= 15 is 0 Å². The molecule has 2 heterocycles. The van der Waals surface area contributed by atoms with Crippen LogP contribution >= 0.6 is 0 Å². The average Bonchev–Trinajstić information content (AvgIpc) is 2.65. The second-order valence-corrected chi connectivity index (χ2v) is 6.38. The van der Waals surface area contributed by atoms with Crippen LogP contribution < -0.4 is 10.5 Å². The normalized spacial score (nSPS) is 15.6. The van der Waals surface area contributed by atoms with Crippen molar-refractivity contribution in [3.63, 3.8) is 0 Å². The van der Waals surface area contributed by atoms with Crippen molar-refractivity contribution in [2.24, 2.45) is 13.0 Å². The number of benzene rings is 1. The van der Waals surface area contributed by atoms with Gasteiger partial charge in [-0.1, -0.05) is 24.3 Å². The Hall–Kier alpha value is -2.87. The van der Waals surface area contributed by atoms with E-state index in [1.807, 2.05) is 31.2 Å². The highest BCUT2D eigenvalue weighted by atomic mass is 16.1. The van der Waals surface area contributed by atoms with Gasteiger partial charge in [0, 0.05) is 31.4 Å². The number of ketones is 1. The third kappa shape index (κ3) is 2.96. The first kappa shape index (κ1) is 17.0. The lowest BCUT2D eigenvalue weighted by Gasteiger charge is -2.34. The lowest BCUT2D eigenvalue weighted by Crippen LogP contribution is -2.38.